The zero-order valence-electron chi connectivity index (χ0n) is 16.2. The van der Waals surface area contributed by atoms with E-state index >= 15 is 0 Å². The van der Waals surface area contributed by atoms with Gasteiger partial charge in [0, 0.05) is 31.7 Å². The van der Waals surface area contributed by atoms with E-state index in [4.69, 9.17) is 4.74 Å². The lowest BCUT2D eigenvalue weighted by molar-refractivity contribution is -0.150. The minimum atomic E-state index is -0.452. The Kier molecular flexibility index (Phi) is 5.64. The number of carbonyl (C=O) groups is 2. The summed E-state index contributed by atoms with van der Waals surface area (Å²) in [6, 6.07) is 6.11. The Hall–Kier alpha value is -1.99. The first-order valence-electron chi connectivity index (χ1n) is 10.2. The molecular weight excluding hydrogens is 361 g/mol. The van der Waals surface area contributed by atoms with Gasteiger partial charge in [-0.1, -0.05) is 6.07 Å². The Morgan fingerprint density at radius 1 is 1.14 bits per heavy atom. The van der Waals surface area contributed by atoms with Crippen molar-refractivity contribution < 1.29 is 18.7 Å². The SMILES string of the molecule is O=C(CCN1CCCC1)N1CCC2(CC1)CN(c1cccc(F)c1)C(=O)CO2. The van der Waals surface area contributed by atoms with Crippen molar-refractivity contribution >= 4 is 17.5 Å². The lowest BCUT2D eigenvalue weighted by Crippen LogP contribution is -2.59. The second-order valence-corrected chi connectivity index (χ2v) is 8.11. The third-order valence-corrected chi connectivity index (χ3v) is 6.24. The number of morpholine rings is 1. The zero-order chi connectivity index (χ0) is 19.6. The molecule has 6 nitrogen and oxygen atoms in total. The number of piperidine rings is 1. The van der Waals surface area contributed by atoms with E-state index in [0.29, 0.717) is 44.6 Å². The van der Waals surface area contributed by atoms with E-state index in [1.54, 1.807) is 17.0 Å². The molecule has 1 aromatic carbocycles. The first-order chi connectivity index (χ1) is 13.5. The van der Waals surface area contributed by atoms with Gasteiger partial charge in [0.1, 0.15) is 12.4 Å². The standard InChI is InChI=1S/C21H28FN3O3/c22-17-4-3-5-18(14-17)25-16-21(28-15-20(25)27)7-12-24(13-8-21)19(26)6-11-23-9-1-2-10-23/h3-5,14H,1-2,6-13,15-16H2. The normalized spacial score (nSPS) is 22.8. The van der Waals surface area contributed by atoms with Gasteiger partial charge in [-0.05, 0) is 57.0 Å². The van der Waals surface area contributed by atoms with Gasteiger partial charge in [0.15, 0.2) is 0 Å². The maximum atomic E-state index is 13.6. The molecule has 0 saturated carbocycles. The van der Waals surface area contributed by atoms with Crippen molar-refractivity contribution in [3.05, 3.63) is 30.1 Å². The average molecular weight is 389 g/mol. The number of nitrogens with zero attached hydrogens (tertiary/aromatic N) is 3. The van der Waals surface area contributed by atoms with Crippen molar-refractivity contribution in [2.24, 2.45) is 0 Å². The molecule has 0 N–H and O–H groups in total. The van der Waals surface area contributed by atoms with E-state index in [1.807, 2.05) is 4.90 Å². The Balaban J connectivity index is 1.33. The number of hydrogen-bond acceptors (Lipinski definition) is 4. The highest BCUT2D eigenvalue weighted by molar-refractivity contribution is 5.95. The van der Waals surface area contributed by atoms with Gasteiger partial charge in [0.2, 0.25) is 5.91 Å². The first-order valence-corrected chi connectivity index (χ1v) is 10.2. The Morgan fingerprint density at radius 2 is 1.89 bits per heavy atom. The molecule has 1 aromatic rings. The fraction of sp³-hybridized carbons (Fsp3) is 0.619. The highest BCUT2D eigenvalue weighted by atomic mass is 19.1. The van der Waals surface area contributed by atoms with Crippen LogP contribution in [0.25, 0.3) is 0 Å². The number of rotatable bonds is 4. The number of ether oxygens (including phenoxy) is 1. The van der Waals surface area contributed by atoms with Crippen LogP contribution in [0.15, 0.2) is 24.3 Å². The highest BCUT2D eigenvalue weighted by Gasteiger charge is 2.43. The van der Waals surface area contributed by atoms with Crippen LogP contribution in [-0.2, 0) is 14.3 Å². The summed E-state index contributed by atoms with van der Waals surface area (Å²) < 4.78 is 19.5. The molecule has 3 saturated heterocycles. The zero-order valence-corrected chi connectivity index (χ0v) is 16.2. The first kappa shape index (κ1) is 19.3. The average Bonchev–Trinajstić information content (AvgIpc) is 3.22. The minimum Gasteiger partial charge on any atom is -0.363 e. The van der Waals surface area contributed by atoms with Gasteiger partial charge in [0.05, 0.1) is 12.1 Å². The van der Waals surface area contributed by atoms with Crippen LogP contribution in [0.1, 0.15) is 32.1 Å². The predicted octanol–water partition coefficient (Wildman–Crippen LogP) is 2.04. The maximum absolute atomic E-state index is 13.6. The van der Waals surface area contributed by atoms with Crippen molar-refractivity contribution in [1.82, 2.24) is 9.80 Å². The summed E-state index contributed by atoms with van der Waals surface area (Å²) in [5.41, 5.74) is 0.114. The number of benzene rings is 1. The van der Waals surface area contributed by atoms with Crippen LogP contribution in [-0.4, -0.2) is 73.1 Å². The number of carbonyl (C=O) groups excluding carboxylic acids is 2. The van der Waals surface area contributed by atoms with Gasteiger partial charge in [0.25, 0.3) is 5.91 Å². The van der Waals surface area contributed by atoms with Crippen LogP contribution in [0.3, 0.4) is 0 Å². The number of likely N-dealkylation sites (tertiary alicyclic amines) is 2. The van der Waals surface area contributed by atoms with Crippen molar-refractivity contribution in [1.29, 1.82) is 0 Å². The van der Waals surface area contributed by atoms with Crippen LogP contribution in [0.2, 0.25) is 0 Å². The lowest BCUT2D eigenvalue weighted by Gasteiger charge is -2.47. The summed E-state index contributed by atoms with van der Waals surface area (Å²) >= 11 is 0. The molecule has 152 valence electrons. The number of halogens is 1. The molecule has 3 heterocycles. The summed E-state index contributed by atoms with van der Waals surface area (Å²) in [6.45, 7) is 4.75. The summed E-state index contributed by atoms with van der Waals surface area (Å²) in [6.07, 6.45) is 4.43. The molecule has 28 heavy (non-hydrogen) atoms. The van der Waals surface area contributed by atoms with Gasteiger partial charge >= 0.3 is 0 Å². The largest absolute Gasteiger partial charge is 0.363 e. The van der Waals surface area contributed by atoms with E-state index in [-0.39, 0.29) is 24.2 Å². The van der Waals surface area contributed by atoms with Gasteiger partial charge < -0.3 is 19.4 Å². The van der Waals surface area contributed by atoms with E-state index in [2.05, 4.69) is 4.90 Å². The minimum absolute atomic E-state index is 0.000576. The molecule has 4 rings (SSSR count). The van der Waals surface area contributed by atoms with Crippen LogP contribution >= 0.6 is 0 Å². The summed E-state index contributed by atoms with van der Waals surface area (Å²) in [5.74, 6) is -0.305. The van der Waals surface area contributed by atoms with Crippen molar-refractivity contribution in [3.63, 3.8) is 0 Å². The van der Waals surface area contributed by atoms with E-state index in [1.165, 1.54) is 25.0 Å². The predicted molar refractivity (Wildman–Crippen MR) is 104 cm³/mol. The van der Waals surface area contributed by atoms with Crippen LogP contribution in [0, 0.1) is 5.82 Å². The van der Waals surface area contributed by atoms with Gasteiger partial charge in [-0.15, -0.1) is 0 Å². The van der Waals surface area contributed by atoms with Crippen LogP contribution in [0.5, 0.6) is 0 Å². The lowest BCUT2D eigenvalue weighted by atomic mass is 9.89. The number of anilines is 1. The van der Waals surface area contributed by atoms with E-state index < -0.39 is 5.60 Å². The molecule has 3 fully saturated rings. The summed E-state index contributed by atoms with van der Waals surface area (Å²) in [7, 11) is 0. The van der Waals surface area contributed by atoms with Gasteiger partial charge in [-0.2, -0.15) is 0 Å². The van der Waals surface area contributed by atoms with E-state index in [9.17, 15) is 14.0 Å². The molecule has 1 spiro atoms. The van der Waals surface area contributed by atoms with Crippen LogP contribution in [0.4, 0.5) is 10.1 Å². The Bertz CT molecular complexity index is 727. The Labute approximate surface area is 165 Å². The smallest absolute Gasteiger partial charge is 0.253 e. The fourth-order valence-electron chi connectivity index (χ4n) is 4.48. The monoisotopic (exact) mass is 389 g/mol. The van der Waals surface area contributed by atoms with Gasteiger partial charge in [-0.3, -0.25) is 9.59 Å². The molecule has 3 aliphatic rings. The number of hydrogen-bond donors (Lipinski definition) is 0. The van der Waals surface area contributed by atoms with Gasteiger partial charge in [-0.25, -0.2) is 4.39 Å². The van der Waals surface area contributed by atoms with Crippen molar-refractivity contribution in [3.8, 4) is 0 Å². The molecule has 0 radical (unpaired) electrons. The second-order valence-electron chi connectivity index (χ2n) is 8.11. The molecule has 0 atom stereocenters. The maximum Gasteiger partial charge on any atom is 0.253 e. The highest BCUT2D eigenvalue weighted by Crippen LogP contribution is 2.33. The van der Waals surface area contributed by atoms with Crippen LogP contribution < -0.4 is 4.90 Å². The molecule has 2 amide bonds. The summed E-state index contributed by atoms with van der Waals surface area (Å²) in [5, 5.41) is 0. The van der Waals surface area contributed by atoms with Crippen molar-refractivity contribution in [2.75, 3.05) is 50.8 Å². The molecule has 3 aliphatic heterocycles. The quantitative estimate of drug-likeness (QED) is 0.791. The number of amides is 2. The van der Waals surface area contributed by atoms with E-state index in [0.717, 1.165) is 19.6 Å². The third kappa shape index (κ3) is 4.20. The fourth-order valence-corrected chi connectivity index (χ4v) is 4.48. The Morgan fingerprint density at radius 3 is 2.61 bits per heavy atom. The molecule has 0 unspecified atom stereocenters. The second kappa shape index (κ2) is 8.17. The molecule has 0 aliphatic carbocycles. The molecular formula is C21H28FN3O3. The van der Waals surface area contributed by atoms with Crippen molar-refractivity contribution in [2.45, 2.75) is 37.7 Å². The molecule has 7 heteroatoms. The molecule has 0 aromatic heterocycles. The molecule has 0 bridgehead atoms. The summed E-state index contributed by atoms with van der Waals surface area (Å²) in [4.78, 5) is 30.8. The topological polar surface area (TPSA) is 53.1 Å². The third-order valence-electron chi connectivity index (χ3n) is 6.24.